The molecule has 0 radical (unpaired) electrons. The Hall–Kier alpha value is -2.46. The summed E-state index contributed by atoms with van der Waals surface area (Å²) in [4.78, 5) is 72.4. The molecule has 0 rings (SSSR count). The van der Waals surface area contributed by atoms with Gasteiger partial charge in [0, 0.05) is 25.7 Å². The van der Waals surface area contributed by atoms with Gasteiger partial charge in [-0.2, -0.15) is 0 Å². The molecule has 0 saturated heterocycles. The molecule has 17 nitrogen and oxygen atoms in total. The summed E-state index contributed by atoms with van der Waals surface area (Å²) in [5.74, 6) is -0.738. The first-order valence-electron chi connectivity index (χ1n) is 34.8. The van der Waals surface area contributed by atoms with Gasteiger partial charge in [-0.05, 0) is 63.2 Å². The van der Waals surface area contributed by atoms with E-state index in [9.17, 15) is 43.2 Å². The van der Waals surface area contributed by atoms with Crippen LogP contribution < -0.4 is 0 Å². The predicted molar refractivity (Wildman–Crippen MR) is 349 cm³/mol. The van der Waals surface area contributed by atoms with E-state index in [1.54, 1.807) is 0 Å². The standard InChI is InChI=1S/C68H128O17P2/c1-7-10-12-14-16-18-20-22-23-24-26-28-32-40-46-52-67(72)84-63(56-78-65(70)50-44-38-31-27-25-21-19-17-15-13-11-8-2)58-82-86(74,75)80-54-62(69)55-81-87(76,77)83-59-64(85-68(73)53-47-41-33-29-30-36-42-48-60(4)5)57-79-66(71)51-45-39-35-34-37-43-49-61(6)9-3/h18,20,22-23,60-64,69H,7-17,19,21,24-59H2,1-6H3,(H,74,75)(H,76,77)/b20-18-,23-22-/t61?,62-,63-,64-/m1/s1. The number of aliphatic hydroxyl groups is 1. The summed E-state index contributed by atoms with van der Waals surface area (Å²) in [6, 6.07) is 0. The second-order valence-electron chi connectivity index (χ2n) is 24.6. The highest BCUT2D eigenvalue weighted by Gasteiger charge is 2.30. The van der Waals surface area contributed by atoms with Crippen LogP contribution in [0.4, 0.5) is 0 Å². The number of allylic oxidation sites excluding steroid dienone is 4. The highest BCUT2D eigenvalue weighted by atomic mass is 31.2. The van der Waals surface area contributed by atoms with Crippen LogP contribution in [0, 0.1) is 11.8 Å². The number of carbonyl (C=O) groups is 4. The summed E-state index contributed by atoms with van der Waals surface area (Å²) in [6.45, 7) is 9.35. The van der Waals surface area contributed by atoms with Crippen molar-refractivity contribution in [1.82, 2.24) is 0 Å². The second-order valence-corrected chi connectivity index (χ2v) is 27.5. The van der Waals surface area contributed by atoms with Crippen LogP contribution in [0.1, 0.15) is 318 Å². The van der Waals surface area contributed by atoms with Crippen molar-refractivity contribution in [3.63, 3.8) is 0 Å². The highest BCUT2D eigenvalue weighted by molar-refractivity contribution is 7.47. The number of rotatable bonds is 65. The second kappa shape index (κ2) is 59.8. The average Bonchev–Trinajstić information content (AvgIpc) is 3.58. The minimum absolute atomic E-state index is 0.0848. The van der Waals surface area contributed by atoms with Crippen molar-refractivity contribution < 1.29 is 80.2 Å². The number of aliphatic hydroxyl groups excluding tert-OH is 1. The van der Waals surface area contributed by atoms with Gasteiger partial charge in [0.25, 0.3) is 0 Å². The molecule has 0 saturated carbocycles. The molecule has 0 aromatic heterocycles. The summed E-state index contributed by atoms with van der Waals surface area (Å²) < 4.78 is 68.1. The number of hydrogen-bond donors (Lipinski definition) is 3. The van der Waals surface area contributed by atoms with Crippen molar-refractivity contribution in [2.45, 2.75) is 336 Å². The normalized spacial score (nSPS) is 14.7. The van der Waals surface area contributed by atoms with Crippen LogP contribution in [0.5, 0.6) is 0 Å². The van der Waals surface area contributed by atoms with Crippen LogP contribution >= 0.6 is 15.6 Å². The van der Waals surface area contributed by atoms with E-state index in [0.717, 1.165) is 115 Å². The zero-order valence-electron chi connectivity index (χ0n) is 55.8. The Labute approximate surface area is 529 Å². The van der Waals surface area contributed by atoms with Crippen LogP contribution in [-0.2, 0) is 65.4 Å². The van der Waals surface area contributed by atoms with Gasteiger partial charge >= 0.3 is 39.5 Å². The van der Waals surface area contributed by atoms with E-state index in [4.69, 9.17) is 37.0 Å². The van der Waals surface area contributed by atoms with Crippen LogP contribution in [0.25, 0.3) is 0 Å². The van der Waals surface area contributed by atoms with E-state index in [1.807, 2.05) is 0 Å². The van der Waals surface area contributed by atoms with Crippen LogP contribution in [0.2, 0.25) is 0 Å². The fourth-order valence-corrected chi connectivity index (χ4v) is 11.2. The molecule has 0 fully saturated rings. The number of ether oxygens (including phenoxy) is 4. The van der Waals surface area contributed by atoms with E-state index in [-0.39, 0.29) is 25.7 Å². The molecule has 6 atom stereocenters. The molecule has 0 amide bonds. The van der Waals surface area contributed by atoms with E-state index in [2.05, 4.69) is 65.8 Å². The summed E-state index contributed by atoms with van der Waals surface area (Å²) in [5.41, 5.74) is 0. The van der Waals surface area contributed by atoms with E-state index >= 15 is 0 Å². The minimum Gasteiger partial charge on any atom is -0.462 e. The zero-order chi connectivity index (χ0) is 64.3. The van der Waals surface area contributed by atoms with Gasteiger partial charge in [-0.1, -0.05) is 265 Å². The van der Waals surface area contributed by atoms with Gasteiger partial charge in [0.1, 0.15) is 19.3 Å². The third-order valence-corrected chi connectivity index (χ3v) is 17.3. The SMILES string of the molecule is CCCCCC/C=C\C=C/CCCCCCCC(=O)O[C@H](COC(=O)CCCCCCCCCCCCCC)COP(=O)(O)OC[C@@H](O)COP(=O)(O)OC[C@@H](COC(=O)CCCCCCCCC(C)CC)OC(=O)CCCCCCCCCC(C)C. The molecule has 0 aliphatic heterocycles. The maximum atomic E-state index is 13.0. The first-order chi connectivity index (χ1) is 41.9. The Kier molecular flexibility index (Phi) is 58.1. The molecule has 0 heterocycles. The number of hydrogen-bond acceptors (Lipinski definition) is 15. The summed E-state index contributed by atoms with van der Waals surface area (Å²) >= 11 is 0. The van der Waals surface area contributed by atoms with Gasteiger partial charge in [0.15, 0.2) is 12.2 Å². The molecule has 0 aromatic carbocycles. The minimum atomic E-state index is -4.96. The molecule has 0 aromatic rings. The average molecular weight is 1280 g/mol. The lowest BCUT2D eigenvalue weighted by atomic mass is 10.00. The summed E-state index contributed by atoms with van der Waals surface area (Å²) in [6.07, 6.45) is 46.7. The van der Waals surface area contributed by atoms with E-state index in [0.29, 0.717) is 31.6 Å². The number of unbranched alkanes of at least 4 members (excludes halogenated alkanes) is 31. The highest BCUT2D eigenvalue weighted by Crippen LogP contribution is 2.45. The van der Waals surface area contributed by atoms with E-state index < -0.39 is 97.5 Å². The summed E-state index contributed by atoms with van der Waals surface area (Å²) in [5, 5.41) is 10.6. The fourth-order valence-electron chi connectivity index (χ4n) is 9.67. The summed E-state index contributed by atoms with van der Waals surface area (Å²) in [7, 11) is -9.91. The molecule has 3 N–H and O–H groups in total. The Morgan fingerprint density at radius 2 is 0.678 bits per heavy atom. The molecule has 19 heteroatoms. The van der Waals surface area contributed by atoms with Crippen molar-refractivity contribution >= 4 is 39.5 Å². The third-order valence-electron chi connectivity index (χ3n) is 15.4. The van der Waals surface area contributed by atoms with E-state index in [1.165, 1.54) is 116 Å². The van der Waals surface area contributed by atoms with Gasteiger partial charge in [-0.25, -0.2) is 9.13 Å². The smallest absolute Gasteiger partial charge is 0.462 e. The maximum absolute atomic E-state index is 13.0. The lowest BCUT2D eigenvalue weighted by molar-refractivity contribution is -0.161. The molecule has 0 aliphatic carbocycles. The van der Waals surface area contributed by atoms with Gasteiger partial charge in [0.2, 0.25) is 0 Å². The zero-order valence-corrected chi connectivity index (χ0v) is 57.6. The molecule has 87 heavy (non-hydrogen) atoms. The van der Waals surface area contributed by atoms with Crippen LogP contribution in [-0.4, -0.2) is 96.7 Å². The first-order valence-corrected chi connectivity index (χ1v) is 37.8. The molecule has 0 spiro atoms. The number of esters is 4. The quantitative estimate of drug-likeness (QED) is 0.0169. The third kappa shape index (κ3) is 60.9. The van der Waals surface area contributed by atoms with Crippen molar-refractivity contribution in [2.75, 3.05) is 39.6 Å². The Morgan fingerprint density at radius 1 is 0.379 bits per heavy atom. The molecular formula is C68H128O17P2. The molecule has 0 bridgehead atoms. The van der Waals surface area contributed by atoms with Crippen LogP contribution in [0.3, 0.4) is 0 Å². The van der Waals surface area contributed by atoms with Crippen molar-refractivity contribution in [3.8, 4) is 0 Å². The van der Waals surface area contributed by atoms with Crippen molar-refractivity contribution in [1.29, 1.82) is 0 Å². The van der Waals surface area contributed by atoms with Crippen molar-refractivity contribution in [3.05, 3.63) is 24.3 Å². The maximum Gasteiger partial charge on any atom is 0.472 e. The lowest BCUT2D eigenvalue weighted by Gasteiger charge is -2.21. The van der Waals surface area contributed by atoms with Gasteiger partial charge < -0.3 is 33.8 Å². The largest absolute Gasteiger partial charge is 0.472 e. The predicted octanol–water partition coefficient (Wildman–Crippen LogP) is 18.8. The van der Waals surface area contributed by atoms with Crippen molar-refractivity contribution in [2.24, 2.45) is 11.8 Å². The van der Waals surface area contributed by atoms with Gasteiger partial charge in [0.05, 0.1) is 26.4 Å². The van der Waals surface area contributed by atoms with Gasteiger partial charge in [-0.15, -0.1) is 0 Å². The Balaban J connectivity index is 5.29. The Morgan fingerprint density at radius 3 is 1.03 bits per heavy atom. The number of carbonyl (C=O) groups excluding carboxylic acids is 4. The first kappa shape index (κ1) is 84.5. The van der Waals surface area contributed by atoms with Gasteiger partial charge in [-0.3, -0.25) is 37.3 Å². The molecule has 512 valence electrons. The molecule has 0 aliphatic rings. The molecule has 3 unspecified atom stereocenters. The number of phosphoric ester groups is 2. The monoisotopic (exact) mass is 1280 g/mol. The topological polar surface area (TPSA) is 237 Å². The lowest BCUT2D eigenvalue weighted by Crippen LogP contribution is -2.30. The Bertz CT molecular complexity index is 1800. The van der Waals surface area contributed by atoms with Crippen LogP contribution in [0.15, 0.2) is 24.3 Å². The number of phosphoric acid groups is 2. The fraction of sp³-hybridized carbons (Fsp3) is 0.882. The molecular weight excluding hydrogens is 1150 g/mol.